The quantitative estimate of drug-likeness (QED) is 0.555. The Hall–Kier alpha value is -3.87. The summed E-state index contributed by atoms with van der Waals surface area (Å²) in [4.78, 5) is 39.5. The molecule has 158 valence electrons. The SMILES string of the molecule is Cc1ccc(-n2c(=O)c3c(cc(C)n3C)n(CC(=O)Nc3ccccc3C)c2=O)cc1. The molecule has 0 spiro atoms. The Kier molecular flexibility index (Phi) is 5.10. The van der Waals surface area contributed by atoms with E-state index in [0.717, 1.165) is 21.4 Å². The van der Waals surface area contributed by atoms with Crippen molar-refractivity contribution >= 4 is 22.6 Å². The number of para-hydroxylation sites is 1. The van der Waals surface area contributed by atoms with Crippen LogP contribution in [-0.2, 0) is 18.4 Å². The van der Waals surface area contributed by atoms with Gasteiger partial charge in [0.05, 0.1) is 11.2 Å². The number of anilines is 1. The Labute approximate surface area is 179 Å². The van der Waals surface area contributed by atoms with Crippen LogP contribution in [0.15, 0.2) is 64.2 Å². The van der Waals surface area contributed by atoms with E-state index in [4.69, 9.17) is 0 Å². The monoisotopic (exact) mass is 416 g/mol. The van der Waals surface area contributed by atoms with Crippen molar-refractivity contribution in [3.63, 3.8) is 0 Å². The van der Waals surface area contributed by atoms with Gasteiger partial charge in [-0.3, -0.25) is 14.2 Å². The summed E-state index contributed by atoms with van der Waals surface area (Å²) in [6.45, 7) is 5.49. The van der Waals surface area contributed by atoms with Crippen LogP contribution in [0.3, 0.4) is 0 Å². The Balaban J connectivity index is 1.88. The van der Waals surface area contributed by atoms with Crippen molar-refractivity contribution < 1.29 is 4.79 Å². The van der Waals surface area contributed by atoms with Crippen LogP contribution in [0, 0.1) is 20.8 Å². The lowest BCUT2D eigenvalue weighted by Crippen LogP contribution is -2.41. The van der Waals surface area contributed by atoms with Crippen molar-refractivity contribution in [1.29, 1.82) is 0 Å². The first-order valence-electron chi connectivity index (χ1n) is 10.0. The molecule has 2 aromatic carbocycles. The normalized spacial score (nSPS) is 11.1. The average molecular weight is 416 g/mol. The van der Waals surface area contributed by atoms with Crippen molar-refractivity contribution in [2.24, 2.45) is 7.05 Å². The molecule has 0 fully saturated rings. The van der Waals surface area contributed by atoms with Crippen LogP contribution in [-0.4, -0.2) is 19.6 Å². The molecule has 0 saturated carbocycles. The predicted octanol–water partition coefficient (Wildman–Crippen LogP) is 3.05. The van der Waals surface area contributed by atoms with Crippen LogP contribution in [0.25, 0.3) is 16.7 Å². The average Bonchev–Trinajstić information content (AvgIpc) is 3.03. The van der Waals surface area contributed by atoms with Crippen LogP contribution in [0.1, 0.15) is 16.8 Å². The molecule has 0 atom stereocenters. The fourth-order valence-electron chi connectivity index (χ4n) is 3.71. The molecule has 4 rings (SSSR count). The molecule has 0 bridgehead atoms. The Morgan fingerprint density at radius 3 is 2.32 bits per heavy atom. The number of aryl methyl sites for hydroxylation is 4. The van der Waals surface area contributed by atoms with E-state index in [1.807, 2.05) is 57.2 Å². The second-order valence-electron chi connectivity index (χ2n) is 7.79. The topological polar surface area (TPSA) is 78.0 Å². The van der Waals surface area contributed by atoms with E-state index in [1.54, 1.807) is 29.8 Å². The maximum atomic E-state index is 13.4. The highest BCUT2D eigenvalue weighted by Crippen LogP contribution is 2.16. The van der Waals surface area contributed by atoms with Crippen molar-refractivity contribution in [2.75, 3.05) is 5.32 Å². The Morgan fingerprint density at radius 2 is 1.65 bits per heavy atom. The summed E-state index contributed by atoms with van der Waals surface area (Å²) < 4.78 is 4.23. The molecule has 7 heteroatoms. The van der Waals surface area contributed by atoms with Gasteiger partial charge >= 0.3 is 5.69 Å². The van der Waals surface area contributed by atoms with E-state index in [2.05, 4.69) is 5.32 Å². The molecule has 1 amide bonds. The van der Waals surface area contributed by atoms with Gasteiger partial charge in [-0.15, -0.1) is 0 Å². The Bertz CT molecular complexity index is 1420. The van der Waals surface area contributed by atoms with Crippen LogP contribution in [0.5, 0.6) is 0 Å². The van der Waals surface area contributed by atoms with Gasteiger partial charge in [0, 0.05) is 18.4 Å². The van der Waals surface area contributed by atoms with Crippen molar-refractivity contribution in [2.45, 2.75) is 27.3 Å². The lowest BCUT2D eigenvalue weighted by Gasteiger charge is -2.14. The summed E-state index contributed by atoms with van der Waals surface area (Å²) in [5.41, 5.74) is 3.78. The summed E-state index contributed by atoms with van der Waals surface area (Å²) in [5, 5.41) is 2.86. The van der Waals surface area contributed by atoms with Crippen molar-refractivity contribution in [3.05, 3.63) is 92.3 Å². The summed E-state index contributed by atoms with van der Waals surface area (Å²) in [6, 6.07) is 16.4. The van der Waals surface area contributed by atoms with Gasteiger partial charge in [0.2, 0.25) is 5.91 Å². The first-order chi connectivity index (χ1) is 14.8. The van der Waals surface area contributed by atoms with E-state index < -0.39 is 11.2 Å². The molecule has 0 aliphatic carbocycles. The molecule has 7 nitrogen and oxygen atoms in total. The zero-order valence-electron chi connectivity index (χ0n) is 18.0. The van der Waals surface area contributed by atoms with Gasteiger partial charge in [0.1, 0.15) is 12.1 Å². The van der Waals surface area contributed by atoms with Crippen molar-refractivity contribution in [1.82, 2.24) is 13.7 Å². The number of nitrogens with zero attached hydrogens (tertiary/aromatic N) is 3. The second-order valence-corrected chi connectivity index (χ2v) is 7.79. The molecule has 2 aromatic heterocycles. The van der Waals surface area contributed by atoms with E-state index in [0.29, 0.717) is 22.4 Å². The number of amides is 1. The largest absolute Gasteiger partial charge is 0.342 e. The highest BCUT2D eigenvalue weighted by Gasteiger charge is 2.20. The third-order valence-electron chi connectivity index (χ3n) is 5.58. The zero-order valence-corrected chi connectivity index (χ0v) is 18.0. The van der Waals surface area contributed by atoms with Gasteiger partial charge in [-0.1, -0.05) is 35.9 Å². The number of aromatic nitrogens is 3. The summed E-state index contributed by atoms with van der Waals surface area (Å²) in [7, 11) is 1.78. The van der Waals surface area contributed by atoms with Gasteiger partial charge in [-0.2, -0.15) is 0 Å². The van der Waals surface area contributed by atoms with Gasteiger partial charge < -0.3 is 9.88 Å². The smallest absolute Gasteiger partial charge is 0.336 e. The molecule has 0 unspecified atom stereocenters. The maximum Gasteiger partial charge on any atom is 0.336 e. The third-order valence-corrected chi connectivity index (χ3v) is 5.58. The molecule has 0 aliphatic heterocycles. The minimum atomic E-state index is -0.549. The van der Waals surface area contributed by atoms with Gasteiger partial charge in [0.25, 0.3) is 5.56 Å². The van der Waals surface area contributed by atoms with E-state index in [9.17, 15) is 14.4 Å². The number of nitrogens with one attached hydrogen (secondary N) is 1. The second kappa shape index (κ2) is 7.75. The molecule has 0 aliphatic rings. The third kappa shape index (κ3) is 3.59. The molecule has 0 saturated heterocycles. The van der Waals surface area contributed by atoms with Gasteiger partial charge in [-0.25, -0.2) is 9.36 Å². The molecule has 0 radical (unpaired) electrons. The number of carbonyl (C=O) groups excluding carboxylic acids is 1. The van der Waals surface area contributed by atoms with Crippen LogP contribution >= 0.6 is 0 Å². The van der Waals surface area contributed by atoms with E-state index >= 15 is 0 Å². The molecule has 31 heavy (non-hydrogen) atoms. The lowest BCUT2D eigenvalue weighted by molar-refractivity contribution is -0.116. The van der Waals surface area contributed by atoms with Gasteiger partial charge in [-0.05, 0) is 50.6 Å². The van der Waals surface area contributed by atoms with Crippen LogP contribution < -0.4 is 16.6 Å². The first kappa shape index (κ1) is 20.4. The summed E-state index contributed by atoms with van der Waals surface area (Å²) in [6.07, 6.45) is 0. The maximum absolute atomic E-state index is 13.4. The van der Waals surface area contributed by atoms with Crippen LogP contribution in [0.4, 0.5) is 5.69 Å². The number of hydrogen-bond donors (Lipinski definition) is 1. The number of benzene rings is 2. The van der Waals surface area contributed by atoms with Crippen molar-refractivity contribution in [3.8, 4) is 5.69 Å². The standard InChI is InChI=1S/C24H24N4O3/c1-15-9-11-18(12-10-15)28-23(30)22-20(13-17(3)26(22)4)27(24(28)31)14-21(29)25-19-8-6-5-7-16(19)2/h5-13H,14H2,1-4H3,(H,25,29). The highest BCUT2D eigenvalue weighted by molar-refractivity contribution is 5.92. The summed E-state index contributed by atoms with van der Waals surface area (Å²) in [5.74, 6) is -0.340. The fraction of sp³-hybridized carbons (Fsp3) is 0.208. The van der Waals surface area contributed by atoms with E-state index in [1.165, 1.54) is 4.57 Å². The zero-order chi connectivity index (χ0) is 22.3. The minimum absolute atomic E-state index is 0.209. The minimum Gasteiger partial charge on any atom is -0.342 e. The molecule has 4 aromatic rings. The molecular weight excluding hydrogens is 392 g/mol. The van der Waals surface area contributed by atoms with E-state index in [-0.39, 0.29) is 12.5 Å². The lowest BCUT2D eigenvalue weighted by atomic mass is 10.2. The number of fused-ring (bicyclic) bond motifs is 1. The number of carbonyl (C=O) groups is 1. The number of rotatable bonds is 4. The fourth-order valence-corrected chi connectivity index (χ4v) is 3.71. The predicted molar refractivity (Wildman–Crippen MR) is 122 cm³/mol. The molecule has 2 heterocycles. The first-order valence-corrected chi connectivity index (χ1v) is 10.0. The summed E-state index contributed by atoms with van der Waals surface area (Å²) >= 11 is 0. The van der Waals surface area contributed by atoms with Gasteiger partial charge in [0.15, 0.2) is 0 Å². The van der Waals surface area contributed by atoms with Crippen LogP contribution in [0.2, 0.25) is 0 Å². The number of hydrogen-bond acceptors (Lipinski definition) is 3. The highest BCUT2D eigenvalue weighted by atomic mass is 16.2. The molecular formula is C24H24N4O3. The Morgan fingerprint density at radius 1 is 0.968 bits per heavy atom. The molecule has 1 N–H and O–H groups in total.